The SMILES string of the molecule is CCCOc1cccc(C(=O)NNC(=O)c2ccc([N+](=O)[O-])cc2)c1. The Kier molecular flexibility index (Phi) is 6.05. The number of nitro benzene ring substituents is 1. The standard InChI is InChI=1S/C17H17N3O5/c1-2-10-25-15-5-3-4-13(11-15)17(22)19-18-16(21)12-6-8-14(9-7-12)20(23)24/h3-9,11H,2,10H2,1H3,(H,18,21)(H,19,22). The van der Waals surface area contributed by atoms with Crippen molar-refractivity contribution >= 4 is 17.5 Å². The van der Waals surface area contributed by atoms with Crippen molar-refractivity contribution in [1.82, 2.24) is 10.9 Å². The predicted molar refractivity (Wildman–Crippen MR) is 90.3 cm³/mol. The average molecular weight is 343 g/mol. The van der Waals surface area contributed by atoms with Crippen molar-refractivity contribution in [3.05, 3.63) is 69.8 Å². The third-order valence-electron chi connectivity index (χ3n) is 3.20. The number of hydrazine groups is 1. The van der Waals surface area contributed by atoms with Crippen molar-refractivity contribution in [2.75, 3.05) is 6.61 Å². The smallest absolute Gasteiger partial charge is 0.269 e. The van der Waals surface area contributed by atoms with Gasteiger partial charge in [-0.3, -0.25) is 30.6 Å². The van der Waals surface area contributed by atoms with Gasteiger partial charge in [0.1, 0.15) is 5.75 Å². The molecule has 0 aliphatic carbocycles. The zero-order valence-corrected chi connectivity index (χ0v) is 13.5. The van der Waals surface area contributed by atoms with Crippen LogP contribution < -0.4 is 15.6 Å². The number of nitrogens with zero attached hydrogens (tertiary/aromatic N) is 1. The fourth-order valence-electron chi connectivity index (χ4n) is 1.94. The summed E-state index contributed by atoms with van der Waals surface area (Å²) in [5.74, 6) is -0.518. The minimum atomic E-state index is -0.582. The number of nitrogens with one attached hydrogen (secondary N) is 2. The number of hydrogen-bond donors (Lipinski definition) is 2. The summed E-state index contributed by atoms with van der Waals surface area (Å²) in [5.41, 5.74) is 4.95. The molecule has 0 aliphatic heterocycles. The molecule has 2 rings (SSSR count). The Balaban J connectivity index is 1.94. The van der Waals surface area contributed by atoms with E-state index in [1.807, 2.05) is 6.92 Å². The van der Waals surface area contributed by atoms with Crippen LogP contribution in [0.2, 0.25) is 0 Å². The second kappa shape index (κ2) is 8.44. The number of carbonyl (C=O) groups excluding carboxylic acids is 2. The summed E-state index contributed by atoms with van der Waals surface area (Å²) < 4.78 is 5.45. The number of ether oxygens (including phenoxy) is 1. The van der Waals surface area contributed by atoms with Crippen LogP contribution in [0, 0.1) is 10.1 Å². The molecule has 2 aromatic carbocycles. The molecular weight excluding hydrogens is 326 g/mol. The molecule has 8 heteroatoms. The fourth-order valence-corrected chi connectivity index (χ4v) is 1.94. The Hall–Kier alpha value is -3.42. The highest BCUT2D eigenvalue weighted by molar-refractivity contribution is 5.99. The first-order valence-electron chi connectivity index (χ1n) is 7.59. The van der Waals surface area contributed by atoms with Crippen LogP contribution in [-0.4, -0.2) is 23.3 Å². The second-order valence-corrected chi connectivity index (χ2v) is 5.09. The molecule has 0 aromatic heterocycles. The minimum Gasteiger partial charge on any atom is -0.494 e. The Morgan fingerprint density at radius 3 is 2.28 bits per heavy atom. The third-order valence-corrected chi connectivity index (χ3v) is 3.20. The van der Waals surface area contributed by atoms with Gasteiger partial charge in [0.15, 0.2) is 0 Å². The number of rotatable bonds is 6. The number of benzene rings is 2. The molecule has 0 spiro atoms. The number of hydrogen-bond acceptors (Lipinski definition) is 5. The third kappa shape index (κ3) is 5.03. The van der Waals surface area contributed by atoms with Gasteiger partial charge < -0.3 is 4.74 Å². The zero-order chi connectivity index (χ0) is 18.2. The first kappa shape index (κ1) is 17.9. The van der Waals surface area contributed by atoms with Crippen molar-refractivity contribution in [2.24, 2.45) is 0 Å². The van der Waals surface area contributed by atoms with E-state index in [-0.39, 0.29) is 11.3 Å². The molecule has 0 saturated heterocycles. The van der Waals surface area contributed by atoms with Gasteiger partial charge in [-0.05, 0) is 36.8 Å². The minimum absolute atomic E-state index is 0.121. The second-order valence-electron chi connectivity index (χ2n) is 5.09. The van der Waals surface area contributed by atoms with Crippen LogP contribution in [0.25, 0.3) is 0 Å². The highest BCUT2D eigenvalue weighted by atomic mass is 16.6. The van der Waals surface area contributed by atoms with E-state index in [1.165, 1.54) is 24.3 Å². The van der Waals surface area contributed by atoms with Gasteiger partial charge in [0.2, 0.25) is 0 Å². The monoisotopic (exact) mass is 343 g/mol. The summed E-state index contributed by atoms with van der Waals surface area (Å²) in [6.07, 6.45) is 0.849. The molecular formula is C17H17N3O5. The van der Waals surface area contributed by atoms with Crippen molar-refractivity contribution in [3.63, 3.8) is 0 Å². The Labute approximate surface area is 143 Å². The largest absolute Gasteiger partial charge is 0.494 e. The highest BCUT2D eigenvalue weighted by Gasteiger charge is 2.11. The summed E-state index contributed by atoms with van der Waals surface area (Å²) in [5, 5.41) is 10.6. The van der Waals surface area contributed by atoms with Gasteiger partial charge in [-0.15, -0.1) is 0 Å². The molecule has 0 radical (unpaired) electrons. The van der Waals surface area contributed by atoms with E-state index < -0.39 is 16.7 Å². The quantitative estimate of drug-likeness (QED) is 0.618. The van der Waals surface area contributed by atoms with Gasteiger partial charge in [-0.25, -0.2) is 0 Å². The Bertz CT molecular complexity index is 774. The maximum atomic E-state index is 12.1. The lowest BCUT2D eigenvalue weighted by atomic mass is 10.2. The van der Waals surface area contributed by atoms with Crippen molar-refractivity contribution < 1.29 is 19.2 Å². The van der Waals surface area contributed by atoms with E-state index in [4.69, 9.17) is 4.74 Å². The van der Waals surface area contributed by atoms with E-state index in [1.54, 1.807) is 24.3 Å². The van der Waals surface area contributed by atoms with Crippen LogP contribution in [-0.2, 0) is 0 Å². The maximum Gasteiger partial charge on any atom is 0.269 e. The molecule has 0 atom stereocenters. The van der Waals surface area contributed by atoms with Gasteiger partial charge >= 0.3 is 0 Å². The molecule has 0 unspecified atom stereocenters. The van der Waals surface area contributed by atoms with Gasteiger partial charge in [0, 0.05) is 23.3 Å². The lowest BCUT2D eigenvalue weighted by Gasteiger charge is -2.09. The van der Waals surface area contributed by atoms with Crippen molar-refractivity contribution in [2.45, 2.75) is 13.3 Å². The number of carbonyl (C=O) groups is 2. The van der Waals surface area contributed by atoms with Gasteiger partial charge in [0.05, 0.1) is 11.5 Å². The van der Waals surface area contributed by atoms with Crippen LogP contribution >= 0.6 is 0 Å². The van der Waals surface area contributed by atoms with Gasteiger partial charge in [0.25, 0.3) is 17.5 Å². The van der Waals surface area contributed by atoms with Gasteiger partial charge in [-0.1, -0.05) is 13.0 Å². The number of non-ortho nitro benzene ring substituents is 1. The van der Waals surface area contributed by atoms with Crippen molar-refractivity contribution in [1.29, 1.82) is 0 Å². The molecule has 2 N–H and O–H groups in total. The first-order chi connectivity index (χ1) is 12.0. The first-order valence-corrected chi connectivity index (χ1v) is 7.59. The zero-order valence-electron chi connectivity index (χ0n) is 13.5. The molecule has 130 valence electrons. The molecule has 0 heterocycles. The van der Waals surface area contributed by atoms with Crippen LogP contribution in [0.15, 0.2) is 48.5 Å². The van der Waals surface area contributed by atoms with Crippen molar-refractivity contribution in [3.8, 4) is 5.75 Å². The van der Waals surface area contributed by atoms with Crippen LogP contribution in [0.5, 0.6) is 5.75 Å². The van der Waals surface area contributed by atoms with E-state index in [2.05, 4.69) is 10.9 Å². The van der Waals surface area contributed by atoms with E-state index in [9.17, 15) is 19.7 Å². The highest BCUT2D eigenvalue weighted by Crippen LogP contribution is 2.14. The van der Waals surface area contributed by atoms with Crippen LogP contribution in [0.1, 0.15) is 34.1 Å². The Morgan fingerprint density at radius 2 is 1.68 bits per heavy atom. The predicted octanol–water partition coefficient (Wildman–Crippen LogP) is 2.46. The molecule has 2 amide bonds. The summed E-state index contributed by atoms with van der Waals surface area (Å²) in [7, 11) is 0. The molecule has 0 aliphatic rings. The number of amides is 2. The van der Waals surface area contributed by atoms with E-state index in [0.29, 0.717) is 17.9 Å². The molecule has 0 bridgehead atoms. The topological polar surface area (TPSA) is 111 Å². The van der Waals surface area contributed by atoms with Gasteiger partial charge in [-0.2, -0.15) is 0 Å². The maximum absolute atomic E-state index is 12.1. The normalized spacial score (nSPS) is 9.96. The summed E-state index contributed by atoms with van der Waals surface area (Å²) in [4.78, 5) is 34.1. The summed E-state index contributed by atoms with van der Waals surface area (Å²) in [6, 6.07) is 11.6. The summed E-state index contributed by atoms with van der Waals surface area (Å²) in [6.45, 7) is 2.52. The average Bonchev–Trinajstić information content (AvgIpc) is 2.64. The Morgan fingerprint density at radius 1 is 1.04 bits per heavy atom. The molecule has 25 heavy (non-hydrogen) atoms. The summed E-state index contributed by atoms with van der Waals surface area (Å²) >= 11 is 0. The van der Waals surface area contributed by atoms with Crippen LogP contribution in [0.3, 0.4) is 0 Å². The van der Waals surface area contributed by atoms with E-state index >= 15 is 0 Å². The number of nitro groups is 1. The molecule has 2 aromatic rings. The lowest BCUT2D eigenvalue weighted by Crippen LogP contribution is -2.41. The fraction of sp³-hybridized carbons (Fsp3) is 0.176. The lowest BCUT2D eigenvalue weighted by molar-refractivity contribution is -0.384. The molecule has 8 nitrogen and oxygen atoms in total. The molecule has 0 fully saturated rings. The van der Waals surface area contributed by atoms with E-state index in [0.717, 1.165) is 6.42 Å². The van der Waals surface area contributed by atoms with Crippen LogP contribution in [0.4, 0.5) is 5.69 Å². The molecule has 0 saturated carbocycles.